The van der Waals surface area contributed by atoms with Crippen LogP contribution in [0.4, 0.5) is 0 Å². The van der Waals surface area contributed by atoms with Crippen molar-refractivity contribution in [2.75, 3.05) is 0 Å². The molecule has 35 heavy (non-hydrogen) atoms. The molecular formula is C23H24B4N6O2. The molecule has 0 aromatic carbocycles. The van der Waals surface area contributed by atoms with Crippen molar-refractivity contribution >= 4 is 48.4 Å². The summed E-state index contributed by atoms with van der Waals surface area (Å²) < 4.78 is 8.81. The minimum absolute atomic E-state index is 0.0331. The predicted octanol–water partition coefficient (Wildman–Crippen LogP) is 2.61. The molecule has 12 heteroatoms. The third kappa shape index (κ3) is 4.78. The summed E-state index contributed by atoms with van der Waals surface area (Å²) in [5.41, 5.74) is 1.36. The van der Waals surface area contributed by atoms with E-state index in [1.807, 2.05) is 6.07 Å². The number of carbonyl (C=O) groups is 1. The zero-order chi connectivity index (χ0) is 25.6. The Morgan fingerprint density at radius 1 is 1.26 bits per heavy atom. The lowest BCUT2D eigenvalue weighted by Crippen LogP contribution is -2.36. The molecule has 170 valence electrons. The van der Waals surface area contributed by atoms with Gasteiger partial charge in [-0.05, 0) is 32.8 Å². The molecule has 8 nitrogen and oxygen atoms in total. The van der Waals surface area contributed by atoms with E-state index in [1.54, 1.807) is 48.6 Å². The van der Waals surface area contributed by atoms with E-state index in [2.05, 4.69) is 21.1 Å². The highest BCUT2D eigenvalue weighted by molar-refractivity contribution is 6.45. The van der Waals surface area contributed by atoms with Crippen molar-refractivity contribution in [1.29, 1.82) is 5.26 Å². The number of esters is 1. The van der Waals surface area contributed by atoms with Gasteiger partial charge in [-0.15, -0.1) is 0 Å². The quantitative estimate of drug-likeness (QED) is 0.415. The van der Waals surface area contributed by atoms with E-state index in [-0.39, 0.29) is 19.1 Å². The maximum atomic E-state index is 12.2. The lowest BCUT2D eigenvalue weighted by atomic mass is 9.39. The Labute approximate surface area is 210 Å². The van der Waals surface area contributed by atoms with Gasteiger partial charge in [0.1, 0.15) is 12.0 Å². The highest BCUT2D eigenvalue weighted by atomic mass is 16.5. The first-order valence-electron chi connectivity index (χ1n) is 11.4. The zero-order valence-corrected chi connectivity index (χ0v) is 20.2. The van der Waals surface area contributed by atoms with Crippen LogP contribution in [0.1, 0.15) is 46.1 Å². The Morgan fingerprint density at radius 2 is 1.94 bits per heavy atom. The third-order valence-electron chi connectivity index (χ3n) is 6.55. The Balaban J connectivity index is 1.66. The first-order chi connectivity index (χ1) is 16.3. The molecule has 0 unspecified atom stereocenters. The van der Waals surface area contributed by atoms with E-state index < -0.39 is 27.8 Å². The minimum Gasteiger partial charge on any atom is -0.443 e. The van der Waals surface area contributed by atoms with Gasteiger partial charge in [0.05, 0.1) is 67.2 Å². The molecule has 1 aliphatic rings. The third-order valence-corrected chi connectivity index (χ3v) is 6.55. The topological polar surface area (TPSA) is 98.6 Å². The number of ether oxygens (including phenoxy) is 1. The first-order valence-corrected chi connectivity index (χ1v) is 11.4. The molecule has 0 aliphatic heterocycles. The van der Waals surface area contributed by atoms with Gasteiger partial charge in [-0.2, -0.15) is 10.4 Å². The van der Waals surface area contributed by atoms with Crippen molar-refractivity contribution in [3.05, 3.63) is 31.0 Å². The van der Waals surface area contributed by atoms with Gasteiger partial charge in [-0.1, -0.05) is 23.3 Å². The first kappa shape index (κ1) is 25.2. The zero-order valence-electron chi connectivity index (χ0n) is 20.2. The summed E-state index contributed by atoms with van der Waals surface area (Å²) in [4.78, 5) is 21.0. The summed E-state index contributed by atoms with van der Waals surface area (Å²) in [5, 5.41) is 12.5. The van der Waals surface area contributed by atoms with Gasteiger partial charge >= 0.3 is 5.97 Å². The fraction of sp³-hybridized carbons (Fsp3) is 0.522. The van der Waals surface area contributed by atoms with Gasteiger partial charge in [-0.25, -0.2) is 9.97 Å². The van der Waals surface area contributed by atoms with Crippen LogP contribution in [0.25, 0.3) is 22.3 Å². The van der Waals surface area contributed by atoms with Crippen LogP contribution in [-0.4, -0.2) is 61.7 Å². The average molecular weight is 460 g/mol. The van der Waals surface area contributed by atoms with Crippen LogP contribution in [0, 0.1) is 22.7 Å². The molecule has 1 saturated carbocycles. The molecule has 3 aromatic heterocycles. The highest BCUT2D eigenvalue weighted by Gasteiger charge is 2.49. The van der Waals surface area contributed by atoms with Crippen LogP contribution in [0.3, 0.4) is 0 Å². The van der Waals surface area contributed by atoms with Crippen molar-refractivity contribution in [2.24, 2.45) is 11.3 Å². The minimum atomic E-state index is -1.12. The molecule has 0 amide bonds. The van der Waals surface area contributed by atoms with Gasteiger partial charge in [0, 0.05) is 23.3 Å². The monoisotopic (exact) mass is 460 g/mol. The van der Waals surface area contributed by atoms with Crippen molar-refractivity contribution < 1.29 is 9.53 Å². The standard InChI is InChI=1S/C23H24B4N6O2/c1-21(2,3)20(34)35-13-32-9-5-15-17(29-12-30-19(15)32)14-10-31-33(11-14)16(4-8-28)18-22(24,25)6-7-23(18,26)27/h5,9-12,16,18H,4,6-7,13H2,1-3H3/t16-/m1/s1. The van der Waals surface area contributed by atoms with Crippen LogP contribution in [0.2, 0.25) is 10.4 Å². The summed E-state index contributed by atoms with van der Waals surface area (Å²) in [6.45, 7) is 5.42. The van der Waals surface area contributed by atoms with Gasteiger partial charge in [0.15, 0.2) is 6.73 Å². The molecule has 1 fully saturated rings. The fourth-order valence-corrected chi connectivity index (χ4v) is 4.74. The van der Waals surface area contributed by atoms with Crippen molar-refractivity contribution in [3.63, 3.8) is 0 Å². The molecule has 0 spiro atoms. The Kier molecular flexibility index (Phi) is 6.41. The van der Waals surface area contributed by atoms with Gasteiger partial charge in [0.2, 0.25) is 0 Å². The molecule has 3 aromatic rings. The van der Waals surface area contributed by atoms with E-state index in [0.717, 1.165) is 5.39 Å². The van der Waals surface area contributed by atoms with E-state index in [4.69, 9.17) is 36.1 Å². The van der Waals surface area contributed by atoms with E-state index in [0.29, 0.717) is 29.7 Å². The van der Waals surface area contributed by atoms with Crippen LogP contribution in [-0.2, 0) is 16.3 Å². The van der Waals surface area contributed by atoms with Gasteiger partial charge in [-0.3, -0.25) is 14.0 Å². The smallest absolute Gasteiger partial charge is 0.312 e. The van der Waals surface area contributed by atoms with E-state index in [1.165, 1.54) is 6.33 Å². The lowest BCUT2D eigenvalue weighted by Gasteiger charge is -2.42. The number of rotatable bonds is 6. The SMILES string of the molecule is [B]C1([B])CCC([B])([B])C1[C@@H](CC#N)n1cc(-c2ncnc3c2ccn3COC(=O)C(C)(C)C)cn1. The molecule has 3 heterocycles. The second-order valence-corrected chi connectivity index (χ2v) is 10.4. The Bertz CT molecular complexity index is 1270. The molecule has 4 rings (SSSR count). The summed E-state index contributed by atoms with van der Waals surface area (Å²) in [6.07, 6.45) is 7.64. The molecule has 8 radical (unpaired) electrons. The largest absolute Gasteiger partial charge is 0.443 e. The number of hydrogen-bond acceptors (Lipinski definition) is 6. The van der Waals surface area contributed by atoms with Crippen molar-refractivity contribution in [1.82, 2.24) is 24.3 Å². The number of hydrogen-bond donors (Lipinski definition) is 0. The summed E-state index contributed by atoms with van der Waals surface area (Å²) >= 11 is 0. The van der Waals surface area contributed by atoms with Gasteiger partial charge < -0.3 is 4.74 Å². The van der Waals surface area contributed by atoms with E-state index >= 15 is 0 Å². The molecule has 1 aliphatic carbocycles. The van der Waals surface area contributed by atoms with Crippen LogP contribution in [0.15, 0.2) is 31.0 Å². The molecule has 0 saturated heterocycles. The summed E-state index contributed by atoms with van der Waals surface area (Å²) in [6, 6.07) is 3.52. The van der Waals surface area contributed by atoms with Crippen LogP contribution < -0.4 is 0 Å². The van der Waals surface area contributed by atoms with Crippen molar-refractivity contribution in [2.45, 2.75) is 63.2 Å². The molecule has 1 atom stereocenters. The number of nitriles is 1. The predicted molar refractivity (Wildman–Crippen MR) is 135 cm³/mol. The average Bonchev–Trinajstić information content (AvgIpc) is 3.47. The number of nitrogens with zero attached hydrogens (tertiary/aromatic N) is 6. The van der Waals surface area contributed by atoms with Crippen LogP contribution >= 0.6 is 0 Å². The summed E-state index contributed by atoms with van der Waals surface area (Å²) in [7, 11) is 25.4. The normalized spacial score (nSPS) is 18.3. The Hall–Kier alpha value is -2.95. The number of carbonyl (C=O) groups excluding carboxylic acids is 1. The van der Waals surface area contributed by atoms with Crippen LogP contribution in [0.5, 0.6) is 0 Å². The highest BCUT2D eigenvalue weighted by Crippen LogP contribution is 2.61. The lowest BCUT2D eigenvalue weighted by molar-refractivity contribution is -0.156. The Morgan fingerprint density at radius 3 is 2.57 bits per heavy atom. The molecule has 0 N–H and O–H groups in total. The number of fused-ring (bicyclic) bond motifs is 1. The second kappa shape index (κ2) is 8.92. The fourth-order valence-electron chi connectivity index (χ4n) is 4.74. The number of aromatic nitrogens is 5. The van der Waals surface area contributed by atoms with Gasteiger partial charge in [0.25, 0.3) is 0 Å². The molecular weight excluding hydrogens is 436 g/mol. The second-order valence-electron chi connectivity index (χ2n) is 10.4. The maximum absolute atomic E-state index is 12.2. The summed E-state index contributed by atoms with van der Waals surface area (Å²) in [5.74, 6) is -0.872. The van der Waals surface area contributed by atoms with E-state index in [9.17, 15) is 10.1 Å². The molecule has 0 bridgehead atoms. The maximum Gasteiger partial charge on any atom is 0.312 e. The van der Waals surface area contributed by atoms with Crippen molar-refractivity contribution in [3.8, 4) is 17.3 Å².